The molecule has 2 heterocycles. The van der Waals surface area contributed by atoms with Gasteiger partial charge in [0.15, 0.2) is 5.76 Å². The molecule has 5 atom stereocenters. The minimum atomic E-state index is -1.71. The van der Waals surface area contributed by atoms with Gasteiger partial charge in [-0.15, -0.1) is 0 Å². The molecule has 188 valence electrons. The first kappa shape index (κ1) is 24.8. The smallest absolute Gasteiger partial charge is 0.239 e. The van der Waals surface area contributed by atoms with Gasteiger partial charge in [-0.1, -0.05) is 0 Å². The third-order valence-electron chi connectivity index (χ3n) is 5.94. The van der Waals surface area contributed by atoms with Gasteiger partial charge in [0.25, 0.3) is 0 Å². The van der Waals surface area contributed by atoms with Crippen LogP contribution in [0.5, 0.6) is 23.0 Å². The summed E-state index contributed by atoms with van der Waals surface area (Å²) in [6, 6.07) is 7.31. The van der Waals surface area contributed by atoms with Crippen LogP contribution in [0.25, 0.3) is 22.3 Å². The van der Waals surface area contributed by atoms with Crippen LogP contribution >= 0.6 is 0 Å². The van der Waals surface area contributed by atoms with Crippen molar-refractivity contribution in [2.45, 2.75) is 44.1 Å². The van der Waals surface area contributed by atoms with Crippen molar-refractivity contribution in [1.82, 2.24) is 0 Å². The van der Waals surface area contributed by atoms with E-state index in [1.54, 1.807) is 24.3 Å². The van der Waals surface area contributed by atoms with Crippen LogP contribution in [0.4, 0.5) is 0 Å². The second kappa shape index (κ2) is 9.72. The van der Waals surface area contributed by atoms with E-state index in [0.29, 0.717) is 11.3 Å². The van der Waals surface area contributed by atoms with Crippen LogP contribution in [-0.4, -0.2) is 75.1 Å². The van der Waals surface area contributed by atoms with Gasteiger partial charge >= 0.3 is 0 Å². The van der Waals surface area contributed by atoms with Gasteiger partial charge < -0.3 is 49.3 Å². The Morgan fingerprint density at radius 3 is 2.31 bits per heavy atom. The molecule has 35 heavy (non-hydrogen) atoms. The highest BCUT2D eigenvalue weighted by Gasteiger charge is 2.44. The summed E-state index contributed by atoms with van der Waals surface area (Å²) in [6.07, 6.45) is -7.26. The number of fused-ring (bicyclic) bond motifs is 1. The number of aliphatic hydroxyl groups excluding tert-OH is 4. The molecule has 1 aromatic heterocycles. The maximum atomic E-state index is 13.6. The molecule has 1 fully saturated rings. The molecule has 11 nitrogen and oxygen atoms in total. The third kappa shape index (κ3) is 4.40. The number of hydrogen-bond donors (Lipinski definition) is 6. The van der Waals surface area contributed by atoms with Crippen molar-refractivity contribution in [1.29, 1.82) is 0 Å². The Bertz CT molecular complexity index is 1270. The van der Waals surface area contributed by atoms with Crippen molar-refractivity contribution in [2.24, 2.45) is 0 Å². The fourth-order valence-corrected chi connectivity index (χ4v) is 3.99. The quantitative estimate of drug-likeness (QED) is 0.285. The lowest BCUT2D eigenvalue weighted by Crippen LogP contribution is -2.58. The zero-order chi connectivity index (χ0) is 25.4. The van der Waals surface area contributed by atoms with Gasteiger partial charge in [-0.2, -0.15) is 0 Å². The average Bonchev–Trinajstić information content (AvgIpc) is 2.84. The van der Waals surface area contributed by atoms with Crippen molar-refractivity contribution in [3.8, 4) is 34.3 Å². The predicted octanol–water partition coefficient (Wildman–Crippen LogP) is 0.621. The molecule has 2 aromatic carbocycles. The summed E-state index contributed by atoms with van der Waals surface area (Å²) < 4.78 is 22.3. The van der Waals surface area contributed by atoms with E-state index in [9.17, 15) is 35.4 Å². The molecule has 4 rings (SSSR count). The van der Waals surface area contributed by atoms with E-state index in [4.69, 9.17) is 18.6 Å². The molecule has 1 saturated heterocycles. The van der Waals surface area contributed by atoms with Gasteiger partial charge in [-0.25, -0.2) is 0 Å². The van der Waals surface area contributed by atoms with E-state index in [-0.39, 0.29) is 41.1 Å². The minimum absolute atomic E-state index is 0.0696. The second-order valence-electron chi connectivity index (χ2n) is 8.19. The van der Waals surface area contributed by atoms with Gasteiger partial charge in [0, 0.05) is 30.2 Å². The Morgan fingerprint density at radius 1 is 1.00 bits per heavy atom. The highest BCUT2D eigenvalue weighted by molar-refractivity contribution is 5.91. The molecule has 3 aromatic rings. The van der Waals surface area contributed by atoms with Crippen LogP contribution in [0.2, 0.25) is 0 Å². The maximum Gasteiger partial charge on any atom is 0.239 e. The van der Waals surface area contributed by atoms with Crippen molar-refractivity contribution in [3.63, 3.8) is 0 Å². The van der Waals surface area contributed by atoms with E-state index in [0.717, 1.165) is 6.07 Å². The van der Waals surface area contributed by atoms with E-state index in [1.807, 2.05) is 0 Å². The molecule has 1 aliphatic rings. The Hall–Kier alpha value is -3.35. The molecule has 1 aliphatic heterocycles. The van der Waals surface area contributed by atoms with Crippen LogP contribution in [0, 0.1) is 0 Å². The summed E-state index contributed by atoms with van der Waals surface area (Å²) in [5, 5.41) is 60.4. The largest absolute Gasteiger partial charge is 0.507 e. The lowest BCUT2D eigenvalue weighted by molar-refractivity contribution is -0.268. The van der Waals surface area contributed by atoms with Gasteiger partial charge in [-0.3, -0.25) is 4.79 Å². The number of phenols is 2. The monoisotopic (exact) mass is 490 g/mol. The number of aromatic hydroxyl groups is 2. The van der Waals surface area contributed by atoms with Crippen molar-refractivity contribution in [2.75, 3.05) is 13.7 Å². The second-order valence-corrected chi connectivity index (χ2v) is 8.19. The van der Waals surface area contributed by atoms with Crippen molar-refractivity contribution < 1.29 is 49.3 Å². The maximum absolute atomic E-state index is 13.6. The number of ether oxygens (including phenoxy) is 3. The fourth-order valence-electron chi connectivity index (χ4n) is 3.99. The lowest BCUT2D eigenvalue weighted by atomic mass is 10.00. The SMILES string of the molecule is COc1ccc(-c2oc3c(CCO)c(O)cc(O)c3c(=O)c2O[C@@H]2O[C@@H](C)[C@H](O)[C@@H](O)[C@H]2O)cc1. The number of phenolic OH excluding ortho intramolecular Hbond substituents is 2. The molecular formula is C24H26O11. The van der Waals surface area contributed by atoms with E-state index in [2.05, 4.69) is 0 Å². The highest BCUT2D eigenvalue weighted by Crippen LogP contribution is 2.40. The highest BCUT2D eigenvalue weighted by atomic mass is 16.7. The third-order valence-corrected chi connectivity index (χ3v) is 5.94. The van der Waals surface area contributed by atoms with Crippen molar-refractivity contribution in [3.05, 3.63) is 46.1 Å². The number of methoxy groups -OCH3 is 1. The van der Waals surface area contributed by atoms with Crippen LogP contribution in [-0.2, 0) is 11.2 Å². The Balaban J connectivity index is 1.95. The first-order valence-corrected chi connectivity index (χ1v) is 10.8. The molecule has 0 bridgehead atoms. The van der Waals surface area contributed by atoms with Crippen LogP contribution in [0.3, 0.4) is 0 Å². The Morgan fingerprint density at radius 2 is 1.69 bits per heavy atom. The summed E-state index contributed by atoms with van der Waals surface area (Å²) in [7, 11) is 1.48. The molecule has 0 aliphatic carbocycles. The van der Waals surface area contributed by atoms with Crippen molar-refractivity contribution >= 4 is 11.0 Å². The molecule has 0 saturated carbocycles. The first-order chi connectivity index (χ1) is 16.7. The first-order valence-electron chi connectivity index (χ1n) is 10.8. The van der Waals surface area contributed by atoms with Gasteiger partial charge in [0.05, 0.1) is 13.2 Å². The number of aliphatic hydroxyl groups is 4. The van der Waals surface area contributed by atoms with Crippen LogP contribution < -0.4 is 14.9 Å². The normalized spacial score (nSPS) is 24.5. The van der Waals surface area contributed by atoms with E-state index in [1.165, 1.54) is 14.0 Å². The lowest BCUT2D eigenvalue weighted by Gasteiger charge is -2.38. The topological polar surface area (TPSA) is 179 Å². The number of hydrogen-bond acceptors (Lipinski definition) is 11. The molecule has 0 amide bonds. The predicted molar refractivity (Wildman–Crippen MR) is 122 cm³/mol. The standard InChI is InChI=1S/C24H26O11/c1-10-17(28)19(30)20(31)24(33-10)35-23-18(29)16-15(27)9-14(26)13(7-8-25)22(16)34-21(23)11-3-5-12(32-2)6-4-11/h3-6,9-10,17,19-20,24-28,30-31H,7-8H2,1-2H3/t10-,17-,19+,20+,24-/m0/s1. The van der Waals surface area contributed by atoms with Gasteiger partial charge in [0.2, 0.25) is 17.5 Å². The number of rotatable bonds is 6. The van der Waals surface area contributed by atoms with Crippen LogP contribution in [0.1, 0.15) is 12.5 Å². The fraction of sp³-hybridized carbons (Fsp3) is 0.375. The zero-order valence-corrected chi connectivity index (χ0v) is 18.9. The molecule has 0 unspecified atom stereocenters. The summed E-state index contributed by atoms with van der Waals surface area (Å²) in [6.45, 7) is 1.09. The summed E-state index contributed by atoms with van der Waals surface area (Å²) in [5.41, 5.74) is -0.567. The van der Waals surface area contributed by atoms with Gasteiger partial charge in [0.1, 0.15) is 46.5 Å². The zero-order valence-electron chi connectivity index (χ0n) is 18.9. The molecule has 11 heteroatoms. The Kier molecular flexibility index (Phi) is 6.88. The molecule has 6 N–H and O–H groups in total. The van der Waals surface area contributed by atoms with E-state index >= 15 is 0 Å². The summed E-state index contributed by atoms with van der Waals surface area (Å²) in [5.74, 6) is -1.02. The average molecular weight is 490 g/mol. The van der Waals surface area contributed by atoms with Gasteiger partial charge in [-0.05, 0) is 31.2 Å². The Labute approximate surface area is 199 Å². The summed E-state index contributed by atoms with van der Waals surface area (Å²) in [4.78, 5) is 13.6. The van der Waals surface area contributed by atoms with Crippen LogP contribution in [0.15, 0.2) is 39.5 Å². The minimum Gasteiger partial charge on any atom is -0.507 e. The molecule has 0 spiro atoms. The number of benzene rings is 2. The molecular weight excluding hydrogens is 464 g/mol. The van der Waals surface area contributed by atoms with E-state index < -0.39 is 47.6 Å². The summed E-state index contributed by atoms with van der Waals surface area (Å²) >= 11 is 0. The molecule has 0 radical (unpaired) electrons.